The maximum Gasteiger partial charge on any atom is 3.00 e. The van der Waals surface area contributed by atoms with E-state index in [0.717, 1.165) is 11.1 Å². The molecule has 1 aromatic carbocycles. The molecule has 0 heterocycles. The smallest absolute Gasteiger partial charge is 0.507 e. The number of hydrogen-bond acceptors (Lipinski definition) is 1. The first-order valence-electron chi connectivity index (χ1n) is 5.47. The third-order valence-electron chi connectivity index (χ3n) is 2.65. The second-order valence-electron chi connectivity index (χ2n) is 6.20. The van der Waals surface area contributed by atoms with Crippen LogP contribution in [0.5, 0.6) is 5.75 Å². The molecule has 0 bridgehead atoms. The zero-order valence-corrected chi connectivity index (χ0v) is 12.7. The van der Waals surface area contributed by atoms with Gasteiger partial charge in [-0.05, 0) is 22.0 Å². The molecule has 0 aliphatic heterocycles. The Hall–Kier alpha value is -0.266. The molecule has 1 aromatic rings. The molecule has 2 heteroatoms. The predicted octanol–water partition coefficient (Wildman–Crippen LogP) is 3.98. The summed E-state index contributed by atoms with van der Waals surface area (Å²) in [6, 6.07) is 6.04. The number of phenolic OH excluding ortho intramolecular Hbond substituents is 1. The molecule has 0 atom stereocenters. The molecule has 1 nitrogen and oxygen atoms in total. The van der Waals surface area contributed by atoms with Crippen LogP contribution >= 0.6 is 0 Å². The van der Waals surface area contributed by atoms with E-state index in [2.05, 4.69) is 41.5 Å². The number of rotatable bonds is 0. The van der Waals surface area contributed by atoms with Gasteiger partial charge in [-0.2, -0.15) is 0 Å². The van der Waals surface area contributed by atoms with Crippen molar-refractivity contribution < 1.29 is 26.8 Å². The number of phenols is 1. The van der Waals surface area contributed by atoms with Crippen LogP contribution in [0.3, 0.4) is 0 Å². The largest absolute Gasteiger partial charge is 3.00 e. The minimum atomic E-state index is -0.00859. The SMILES string of the molecule is CC(C)(C)c1cccc(C(C)(C)C)c1O.[Ti+3]. The van der Waals surface area contributed by atoms with Crippen molar-refractivity contribution in [3.8, 4) is 5.75 Å². The Morgan fingerprint density at radius 3 is 1.38 bits per heavy atom. The normalized spacial score (nSPS) is 12.1. The van der Waals surface area contributed by atoms with Gasteiger partial charge in [0.05, 0.1) is 0 Å². The average Bonchev–Trinajstić information content (AvgIpc) is 1.99. The Morgan fingerprint density at radius 2 is 1.12 bits per heavy atom. The van der Waals surface area contributed by atoms with E-state index in [0.29, 0.717) is 5.75 Å². The standard InChI is InChI=1S/C14H22O.Ti/c1-13(2,3)10-8-7-9-11(12(10)15)14(4,5)6;/h7-9,15H,1-6H3;/q;+3. The predicted molar refractivity (Wildman–Crippen MR) is 65.5 cm³/mol. The summed E-state index contributed by atoms with van der Waals surface area (Å²) >= 11 is 0. The van der Waals surface area contributed by atoms with Gasteiger partial charge in [-0.1, -0.05) is 59.7 Å². The first-order valence-corrected chi connectivity index (χ1v) is 5.47. The summed E-state index contributed by atoms with van der Waals surface area (Å²) < 4.78 is 0. The molecule has 0 saturated heterocycles. The molecular formula is C14H22OTi+3. The van der Waals surface area contributed by atoms with E-state index in [9.17, 15) is 5.11 Å². The first kappa shape index (κ1) is 15.7. The summed E-state index contributed by atoms with van der Waals surface area (Å²) in [7, 11) is 0. The van der Waals surface area contributed by atoms with Crippen molar-refractivity contribution in [3.63, 3.8) is 0 Å². The summed E-state index contributed by atoms with van der Waals surface area (Å²) in [4.78, 5) is 0. The van der Waals surface area contributed by atoms with Gasteiger partial charge in [0, 0.05) is 0 Å². The third-order valence-corrected chi connectivity index (χ3v) is 2.65. The topological polar surface area (TPSA) is 20.2 Å². The molecule has 1 radical (unpaired) electrons. The molecule has 1 rings (SSSR count). The van der Waals surface area contributed by atoms with Crippen molar-refractivity contribution in [3.05, 3.63) is 29.3 Å². The molecule has 0 aliphatic carbocycles. The molecule has 0 fully saturated rings. The molecule has 16 heavy (non-hydrogen) atoms. The molecule has 0 spiro atoms. The van der Waals surface area contributed by atoms with Crippen LogP contribution in [-0.2, 0) is 32.5 Å². The Morgan fingerprint density at radius 1 is 0.812 bits per heavy atom. The number of benzene rings is 1. The van der Waals surface area contributed by atoms with Crippen molar-refractivity contribution in [2.45, 2.75) is 52.4 Å². The van der Waals surface area contributed by atoms with E-state index < -0.39 is 0 Å². The average molecular weight is 254 g/mol. The fourth-order valence-corrected chi connectivity index (χ4v) is 1.75. The van der Waals surface area contributed by atoms with Gasteiger partial charge in [0.2, 0.25) is 0 Å². The van der Waals surface area contributed by atoms with Gasteiger partial charge in [-0.25, -0.2) is 0 Å². The fourth-order valence-electron chi connectivity index (χ4n) is 1.75. The van der Waals surface area contributed by atoms with E-state index in [1.54, 1.807) is 0 Å². The summed E-state index contributed by atoms with van der Waals surface area (Å²) in [5, 5.41) is 10.3. The van der Waals surface area contributed by atoms with Crippen molar-refractivity contribution in [1.29, 1.82) is 0 Å². The van der Waals surface area contributed by atoms with E-state index in [4.69, 9.17) is 0 Å². The summed E-state index contributed by atoms with van der Waals surface area (Å²) in [6.45, 7) is 12.7. The zero-order chi connectivity index (χ0) is 11.9. The molecule has 0 unspecified atom stereocenters. The van der Waals surface area contributed by atoms with Crippen LogP contribution in [0, 0.1) is 0 Å². The van der Waals surface area contributed by atoms with Gasteiger partial charge in [-0.3, -0.25) is 0 Å². The monoisotopic (exact) mass is 254 g/mol. The van der Waals surface area contributed by atoms with E-state index in [1.165, 1.54) is 0 Å². The molecule has 0 saturated carbocycles. The maximum absolute atomic E-state index is 10.3. The molecule has 85 valence electrons. The quantitative estimate of drug-likeness (QED) is 0.694. The molecular weight excluding hydrogens is 232 g/mol. The van der Waals surface area contributed by atoms with Crippen molar-refractivity contribution in [2.24, 2.45) is 0 Å². The molecule has 0 amide bonds. The van der Waals surface area contributed by atoms with Gasteiger partial charge in [0.1, 0.15) is 5.75 Å². The second-order valence-corrected chi connectivity index (χ2v) is 6.20. The van der Waals surface area contributed by atoms with Gasteiger partial charge >= 0.3 is 21.7 Å². The second kappa shape index (κ2) is 4.93. The van der Waals surface area contributed by atoms with Crippen molar-refractivity contribution in [2.75, 3.05) is 0 Å². The van der Waals surface area contributed by atoms with E-state index in [-0.39, 0.29) is 32.5 Å². The van der Waals surface area contributed by atoms with Crippen molar-refractivity contribution in [1.82, 2.24) is 0 Å². The minimum absolute atomic E-state index is 0. The number of hydrogen-bond donors (Lipinski definition) is 1. The maximum atomic E-state index is 10.3. The van der Waals surface area contributed by atoms with Gasteiger partial charge in [0.15, 0.2) is 0 Å². The molecule has 0 aliphatic rings. The van der Waals surface area contributed by atoms with Gasteiger partial charge < -0.3 is 5.11 Å². The summed E-state index contributed by atoms with van der Waals surface area (Å²) in [6.07, 6.45) is 0. The van der Waals surface area contributed by atoms with Crippen LogP contribution in [-0.4, -0.2) is 5.11 Å². The Balaban J connectivity index is 0.00000225. The van der Waals surface area contributed by atoms with Crippen LogP contribution in [0.4, 0.5) is 0 Å². The van der Waals surface area contributed by atoms with Crippen LogP contribution in [0.2, 0.25) is 0 Å². The number of para-hydroxylation sites is 1. The van der Waals surface area contributed by atoms with E-state index in [1.807, 2.05) is 18.2 Å². The third kappa shape index (κ3) is 3.36. The van der Waals surface area contributed by atoms with E-state index >= 15 is 0 Å². The minimum Gasteiger partial charge on any atom is -0.507 e. The van der Waals surface area contributed by atoms with Crippen LogP contribution < -0.4 is 0 Å². The fraction of sp³-hybridized carbons (Fsp3) is 0.571. The summed E-state index contributed by atoms with van der Waals surface area (Å²) in [5.74, 6) is 0.456. The van der Waals surface area contributed by atoms with Gasteiger partial charge in [0.25, 0.3) is 0 Å². The van der Waals surface area contributed by atoms with Crippen LogP contribution in [0.1, 0.15) is 52.7 Å². The zero-order valence-electron chi connectivity index (χ0n) is 11.2. The summed E-state index contributed by atoms with van der Waals surface area (Å²) in [5.41, 5.74) is 2.03. The molecule has 0 aromatic heterocycles. The Labute approximate surface area is 114 Å². The number of aromatic hydroxyl groups is 1. The van der Waals surface area contributed by atoms with Crippen molar-refractivity contribution >= 4 is 0 Å². The first-order chi connectivity index (χ1) is 6.64. The van der Waals surface area contributed by atoms with Crippen LogP contribution in [0.25, 0.3) is 0 Å². The Kier molecular flexibility index (Phi) is 4.85. The van der Waals surface area contributed by atoms with Crippen LogP contribution in [0.15, 0.2) is 18.2 Å². The molecule has 1 N–H and O–H groups in total. The van der Waals surface area contributed by atoms with Gasteiger partial charge in [-0.15, -0.1) is 0 Å². The Bertz CT molecular complexity index is 324.